The number of para-hydroxylation sites is 1. The van der Waals surface area contributed by atoms with Crippen LogP contribution in [0.1, 0.15) is 87.8 Å². The van der Waals surface area contributed by atoms with Gasteiger partial charge in [-0.2, -0.15) is 0 Å². The molecule has 0 aliphatic heterocycles. The van der Waals surface area contributed by atoms with Gasteiger partial charge in [-0.25, -0.2) is 0 Å². The van der Waals surface area contributed by atoms with Crippen molar-refractivity contribution in [2.75, 3.05) is 0 Å². The third-order valence-corrected chi connectivity index (χ3v) is 5.42. The largest absolute Gasteiger partial charge is 0.253 e. The maximum Gasteiger partial charge on any atom is 0.0708 e. The van der Waals surface area contributed by atoms with Gasteiger partial charge in [0.15, 0.2) is 0 Å². The SMILES string of the molecule is Cc1cc(C2CCCCCCCCCCC2)c2ccccc2n1. The Morgan fingerprint density at radius 1 is 0.783 bits per heavy atom. The molecule has 1 aromatic heterocycles. The van der Waals surface area contributed by atoms with Crippen LogP contribution < -0.4 is 0 Å². The van der Waals surface area contributed by atoms with Crippen LogP contribution in [0.25, 0.3) is 10.9 Å². The van der Waals surface area contributed by atoms with Crippen LogP contribution in [0.5, 0.6) is 0 Å². The van der Waals surface area contributed by atoms with Crippen LogP contribution in [0.2, 0.25) is 0 Å². The molecule has 1 nitrogen and oxygen atoms in total. The zero-order valence-electron chi connectivity index (χ0n) is 14.7. The zero-order chi connectivity index (χ0) is 15.9. The average molecular weight is 309 g/mol. The van der Waals surface area contributed by atoms with Gasteiger partial charge < -0.3 is 0 Å². The number of nitrogens with zero attached hydrogens (tertiary/aromatic N) is 1. The predicted octanol–water partition coefficient (Wildman–Crippen LogP) is 6.93. The van der Waals surface area contributed by atoms with Crippen LogP contribution in [0.3, 0.4) is 0 Å². The first-order chi connectivity index (χ1) is 11.3. The summed E-state index contributed by atoms with van der Waals surface area (Å²) >= 11 is 0. The van der Waals surface area contributed by atoms with Gasteiger partial charge in [-0.15, -0.1) is 0 Å². The Hall–Kier alpha value is -1.37. The van der Waals surface area contributed by atoms with E-state index < -0.39 is 0 Å². The van der Waals surface area contributed by atoms with Crippen molar-refractivity contribution in [1.82, 2.24) is 4.98 Å². The maximum absolute atomic E-state index is 4.73. The fourth-order valence-electron chi connectivity index (χ4n) is 4.15. The summed E-state index contributed by atoms with van der Waals surface area (Å²) < 4.78 is 0. The molecule has 23 heavy (non-hydrogen) atoms. The summed E-state index contributed by atoms with van der Waals surface area (Å²) in [5, 5.41) is 1.38. The molecule has 0 saturated heterocycles. The summed E-state index contributed by atoms with van der Waals surface area (Å²) in [6, 6.07) is 11.1. The van der Waals surface area contributed by atoms with E-state index in [4.69, 9.17) is 4.98 Å². The summed E-state index contributed by atoms with van der Waals surface area (Å²) in [6.07, 6.45) is 15.5. The molecule has 0 atom stereocenters. The number of aryl methyl sites for hydroxylation is 1. The van der Waals surface area contributed by atoms with Crippen molar-refractivity contribution in [1.29, 1.82) is 0 Å². The maximum atomic E-state index is 4.73. The molecule has 1 heterocycles. The van der Waals surface area contributed by atoms with Crippen molar-refractivity contribution < 1.29 is 0 Å². The summed E-state index contributed by atoms with van der Waals surface area (Å²) in [5.41, 5.74) is 3.91. The average Bonchev–Trinajstić information content (AvgIpc) is 2.55. The molecule has 1 aromatic carbocycles. The lowest BCUT2D eigenvalue weighted by Gasteiger charge is -2.20. The number of pyridine rings is 1. The molecule has 1 fully saturated rings. The zero-order valence-corrected chi connectivity index (χ0v) is 14.7. The molecule has 0 spiro atoms. The smallest absolute Gasteiger partial charge is 0.0708 e. The van der Waals surface area contributed by atoms with Crippen molar-refractivity contribution >= 4 is 10.9 Å². The van der Waals surface area contributed by atoms with Gasteiger partial charge in [0.2, 0.25) is 0 Å². The number of aromatic nitrogens is 1. The second-order valence-electron chi connectivity index (χ2n) is 7.33. The number of benzene rings is 1. The van der Waals surface area contributed by atoms with Crippen LogP contribution in [-0.2, 0) is 0 Å². The molecule has 1 saturated carbocycles. The standard InChI is InChI=1S/C22H31N/c1-18-17-21(20-15-11-12-16-22(20)23-18)19-13-9-7-5-3-2-4-6-8-10-14-19/h11-12,15-17,19H,2-10,13-14H2,1H3. The predicted molar refractivity (Wildman–Crippen MR) is 100 cm³/mol. The second kappa shape index (κ2) is 8.47. The minimum Gasteiger partial charge on any atom is -0.253 e. The molecule has 1 aliphatic carbocycles. The first kappa shape index (κ1) is 16.5. The highest BCUT2D eigenvalue weighted by molar-refractivity contribution is 5.82. The first-order valence-electron chi connectivity index (χ1n) is 9.71. The van der Waals surface area contributed by atoms with Crippen LogP contribution in [-0.4, -0.2) is 4.98 Å². The van der Waals surface area contributed by atoms with E-state index in [2.05, 4.69) is 37.3 Å². The van der Waals surface area contributed by atoms with Crippen molar-refractivity contribution in [3.05, 3.63) is 41.6 Å². The van der Waals surface area contributed by atoms with Gasteiger partial charge in [0.25, 0.3) is 0 Å². The van der Waals surface area contributed by atoms with Crippen LogP contribution >= 0.6 is 0 Å². The third kappa shape index (κ3) is 4.56. The molecule has 1 heteroatoms. The molecule has 124 valence electrons. The number of fused-ring (bicyclic) bond motifs is 1. The third-order valence-electron chi connectivity index (χ3n) is 5.42. The number of hydrogen-bond acceptors (Lipinski definition) is 1. The van der Waals surface area contributed by atoms with E-state index in [-0.39, 0.29) is 0 Å². The molecule has 2 aromatic rings. The Balaban J connectivity index is 1.84. The van der Waals surface area contributed by atoms with E-state index in [0.29, 0.717) is 0 Å². The van der Waals surface area contributed by atoms with E-state index in [1.54, 1.807) is 5.56 Å². The fraction of sp³-hybridized carbons (Fsp3) is 0.591. The highest BCUT2D eigenvalue weighted by Gasteiger charge is 2.15. The van der Waals surface area contributed by atoms with Gasteiger partial charge in [0.05, 0.1) is 5.52 Å². The van der Waals surface area contributed by atoms with Gasteiger partial charge in [0, 0.05) is 11.1 Å². The molecule has 0 radical (unpaired) electrons. The van der Waals surface area contributed by atoms with Gasteiger partial charge in [-0.1, -0.05) is 76.0 Å². The highest BCUT2D eigenvalue weighted by atomic mass is 14.7. The minimum atomic E-state index is 0.723. The summed E-state index contributed by atoms with van der Waals surface area (Å²) in [4.78, 5) is 4.73. The van der Waals surface area contributed by atoms with E-state index in [1.807, 2.05) is 0 Å². The van der Waals surface area contributed by atoms with Gasteiger partial charge in [-0.05, 0) is 43.4 Å². The normalized spacial score (nSPS) is 19.2. The molecular weight excluding hydrogens is 278 g/mol. The lowest BCUT2D eigenvalue weighted by atomic mass is 9.85. The van der Waals surface area contributed by atoms with E-state index in [1.165, 1.54) is 87.2 Å². The van der Waals surface area contributed by atoms with Crippen LogP contribution in [0.4, 0.5) is 0 Å². The Labute approximate surface area is 141 Å². The van der Waals surface area contributed by atoms with Gasteiger partial charge >= 0.3 is 0 Å². The van der Waals surface area contributed by atoms with Crippen LogP contribution in [0, 0.1) is 6.92 Å². The van der Waals surface area contributed by atoms with Crippen LogP contribution in [0.15, 0.2) is 30.3 Å². The molecular formula is C22H31N. The molecule has 0 unspecified atom stereocenters. The van der Waals surface area contributed by atoms with Crippen molar-refractivity contribution in [3.8, 4) is 0 Å². The fourth-order valence-corrected chi connectivity index (χ4v) is 4.15. The van der Waals surface area contributed by atoms with Crippen molar-refractivity contribution in [2.45, 2.75) is 83.5 Å². The Bertz CT molecular complexity index is 604. The minimum absolute atomic E-state index is 0.723. The van der Waals surface area contributed by atoms with E-state index in [9.17, 15) is 0 Å². The molecule has 0 amide bonds. The lowest BCUT2D eigenvalue weighted by molar-refractivity contribution is 0.468. The Morgan fingerprint density at radius 2 is 1.35 bits per heavy atom. The van der Waals surface area contributed by atoms with E-state index in [0.717, 1.165) is 5.92 Å². The molecule has 3 rings (SSSR count). The summed E-state index contributed by atoms with van der Waals surface area (Å²) in [6.45, 7) is 2.14. The molecule has 0 N–H and O–H groups in total. The van der Waals surface area contributed by atoms with Gasteiger partial charge in [0.1, 0.15) is 0 Å². The van der Waals surface area contributed by atoms with Gasteiger partial charge in [-0.3, -0.25) is 4.98 Å². The quantitative estimate of drug-likeness (QED) is 0.556. The summed E-state index contributed by atoms with van der Waals surface area (Å²) in [5.74, 6) is 0.723. The van der Waals surface area contributed by atoms with Crippen molar-refractivity contribution in [3.63, 3.8) is 0 Å². The topological polar surface area (TPSA) is 12.9 Å². The number of rotatable bonds is 1. The molecule has 1 aliphatic rings. The highest BCUT2D eigenvalue weighted by Crippen LogP contribution is 2.34. The first-order valence-corrected chi connectivity index (χ1v) is 9.71. The number of hydrogen-bond donors (Lipinski definition) is 0. The lowest BCUT2D eigenvalue weighted by Crippen LogP contribution is -2.03. The monoisotopic (exact) mass is 309 g/mol. The second-order valence-corrected chi connectivity index (χ2v) is 7.33. The Kier molecular flexibility index (Phi) is 6.07. The van der Waals surface area contributed by atoms with Crippen molar-refractivity contribution in [2.24, 2.45) is 0 Å². The summed E-state index contributed by atoms with van der Waals surface area (Å²) in [7, 11) is 0. The Morgan fingerprint density at radius 3 is 2.00 bits per heavy atom. The van der Waals surface area contributed by atoms with E-state index >= 15 is 0 Å². The molecule has 0 bridgehead atoms.